The van der Waals surface area contributed by atoms with Crippen molar-refractivity contribution in [3.63, 3.8) is 0 Å². The summed E-state index contributed by atoms with van der Waals surface area (Å²) in [5.74, 6) is 1.27. The van der Waals surface area contributed by atoms with Crippen LogP contribution in [0.15, 0.2) is 12.4 Å². The quantitative estimate of drug-likeness (QED) is 0.735. The Labute approximate surface area is 99.6 Å². The predicted octanol–water partition coefficient (Wildman–Crippen LogP) is 1.58. The number of ether oxygens (including phenoxy) is 1. The molecule has 4 nitrogen and oxygen atoms in total. The molecular weight excluding hydrogens is 226 g/mol. The average Bonchev–Trinajstić information content (AvgIpc) is 2.68. The van der Waals surface area contributed by atoms with E-state index in [4.69, 9.17) is 16.3 Å². The molecular formula is C11H14ClN3O. The second kappa shape index (κ2) is 4.18. The van der Waals surface area contributed by atoms with Gasteiger partial charge in [-0.25, -0.2) is 9.97 Å². The first-order chi connectivity index (χ1) is 7.85. The van der Waals surface area contributed by atoms with Crippen molar-refractivity contribution in [2.75, 3.05) is 18.0 Å². The van der Waals surface area contributed by atoms with Crippen molar-refractivity contribution in [1.82, 2.24) is 9.97 Å². The van der Waals surface area contributed by atoms with Crippen molar-refractivity contribution in [3.8, 4) is 0 Å². The molecule has 2 atom stereocenters. The van der Waals surface area contributed by atoms with Gasteiger partial charge < -0.3 is 9.64 Å². The summed E-state index contributed by atoms with van der Waals surface area (Å²) in [5.41, 5.74) is 0.960. The molecule has 0 spiro atoms. The second-order valence-corrected chi connectivity index (χ2v) is 4.65. The molecule has 16 heavy (non-hydrogen) atoms. The van der Waals surface area contributed by atoms with Gasteiger partial charge in [-0.15, -0.1) is 11.6 Å². The van der Waals surface area contributed by atoms with Gasteiger partial charge in [-0.3, -0.25) is 0 Å². The molecule has 2 aliphatic rings. The Morgan fingerprint density at radius 3 is 2.44 bits per heavy atom. The minimum atomic E-state index is 0.370. The number of anilines is 1. The molecule has 1 aromatic rings. The SMILES string of the molecule is ClCc1cnc(N2CC3CCC(C2)O3)nc1. The zero-order valence-electron chi connectivity index (χ0n) is 8.97. The Morgan fingerprint density at radius 1 is 1.25 bits per heavy atom. The molecule has 0 aliphatic carbocycles. The first-order valence-electron chi connectivity index (χ1n) is 5.62. The summed E-state index contributed by atoms with van der Waals surface area (Å²) in [4.78, 5) is 10.9. The van der Waals surface area contributed by atoms with E-state index in [1.54, 1.807) is 12.4 Å². The molecule has 0 saturated carbocycles. The minimum absolute atomic E-state index is 0.370. The van der Waals surface area contributed by atoms with E-state index in [0.717, 1.165) is 24.6 Å². The molecule has 2 aliphatic heterocycles. The number of nitrogens with zero attached hydrogens (tertiary/aromatic N) is 3. The number of hydrogen-bond acceptors (Lipinski definition) is 4. The molecule has 0 amide bonds. The van der Waals surface area contributed by atoms with Gasteiger partial charge in [0.15, 0.2) is 0 Å². The van der Waals surface area contributed by atoms with Crippen LogP contribution in [0.5, 0.6) is 0 Å². The van der Waals surface area contributed by atoms with Crippen LogP contribution in [0.4, 0.5) is 5.95 Å². The zero-order valence-corrected chi connectivity index (χ0v) is 9.73. The Hall–Kier alpha value is -0.870. The summed E-state index contributed by atoms with van der Waals surface area (Å²) >= 11 is 5.71. The van der Waals surface area contributed by atoms with Crippen LogP contribution in [0.1, 0.15) is 18.4 Å². The number of fused-ring (bicyclic) bond motifs is 2. The van der Waals surface area contributed by atoms with Gasteiger partial charge in [0.2, 0.25) is 5.95 Å². The highest BCUT2D eigenvalue weighted by atomic mass is 35.5. The van der Waals surface area contributed by atoms with Crippen LogP contribution in [0.2, 0.25) is 0 Å². The molecule has 3 heterocycles. The van der Waals surface area contributed by atoms with E-state index in [9.17, 15) is 0 Å². The summed E-state index contributed by atoms with van der Waals surface area (Å²) in [6, 6.07) is 0. The normalized spacial score (nSPS) is 28.4. The van der Waals surface area contributed by atoms with Crippen molar-refractivity contribution < 1.29 is 4.74 Å². The number of rotatable bonds is 2. The molecule has 1 aromatic heterocycles. The maximum atomic E-state index is 5.78. The van der Waals surface area contributed by atoms with Crippen molar-refractivity contribution in [1.29, 1.82) is 0 Å². The van der Waals surface area contributed by atoms with Gasteiger partial charge in [-0.05, 0) is 12.8 Å². The first kappa shape index (κ1) is 10.3. The average molecular weight is 240 g/mol. The van der Waals surface area contributed by atoms with Crippen LogP contribution < -0.4 is 4.90 Å². The Kier molecular flexibility index (Phi) is 2.69. The van der Waals surface area contributed by atoms with Gasteiger partial charge in [0.05, 0.1) is 18.1 Å². The van der Waals surface area contributed by atoms with E-state index in [0.29, 0.717) is 18.1 Å². The van der Waals surface area contributed by atoms with Crippen LogP contribution >= 0.6 is 11.6 Å². The Morgan fingerprint density at radius 2 is 1.88 bits per heavy atom. The van der Waals surface area contributed by atoms with Crippen LogP contribution in [0, 0.1) is 0 Å². The molecule has 3 rings (SSSR count). The fourth-order valence-corrected chi connectivity index (χ4v) is 2.50. The van der Waals surface area contributed by atoms with Crippen LogP contribution in [-0.2, 0) is 10.6 Å². The molecule has 0 aromatic carbocycles. The fraction of sp³-hybridized carbons (Fsp3) is 0.636. The standard InChI is InChI=1S/C11H14ClN3O/c12-3-8-4-13-11(14-5-8)15-6-9-1-2-10(7-15)16-9/h4-5,9-10H,1-3,6-7H2. The van der Waals surface area contributed by atoms with Gasteiger partial charge in [0, 0.05) is 31.0 Å². The molecule has 0 radical (unpaired) electrons. The minimum Gasteiger partial charge on any atom is -0.371 e. The van der Waals surface area contributed by atoms with E-state index >= 15 is 0 Å². The van der Waals surface area contributed by atoms with Gasteiger partial charge in [0.1, 0.15) is 0 Å². The maximum Gasteiger partial charge on any atom is 0.225 e. The highest BCUT2D eigenvalue weighted by Gasteiger charge is 2.34. The predicted molar refractivity (Wildman–Crippen MR) is 61.7 cm³/mol. The third kappa shape index (κ3) is 1.87. The van der Waals surface area contributed by atoms with E-state index in [1.807, 2.05) is 0 Å². The Bertz CT molecular complexity index is 358. The number of halogens is 1. The lowest BCUT2D eigenvalue weighted by Crippen LogP contribution is -2.43. The monoisotopic (exact) mass is 239 g/mol. The Balaban J connectivity index is 1.76. The molecule has 2 unspecified atom stereocenters. The van der Waals surface area contributed by atoms with E-state index in [-0.39, 0.29) is 0 Å². The van der Waals surface area contributed by atoms with E-state index < -0.39 is 0 Å². The van der Waals surface area contributed by atoms with Crippen molar-refractivity contribution >= 4 is 17.5 Å². The lowest BCUT2D eigenvalue weighted by Gasteiger charge is -2.31. The highest BCUT2D eigenvalue weighted by Crippen LogP contribution is 2.27. The molecule has 0 N–H and O–H groups in total. The summed E-state index contributed by atoms with van der Waals surface area (Å²) in [6.45, 7) is 1.83. The fourth-order valence-electron chi connectivity index (χ4n) is 2.36. The molecule has 2 saturated heterocycles. The molecule has 86 valence electrons. The summed E-state index contributed by atoms with van der Waals surface area (Å²) in [7, 11) is 0. The smallest absolute Gasteiger partial charge is 0.225 e. The largest absolute Gasteiger partial charge is 0.371 e. The highest BCUT2D eigenvalue weighted by molar-refractivity contribution is 6.17. The van der Waals surface area contributed by atoms with Crippen LogP contribution in [0.3, 0.4) is 0 Å². The summed E-state index contributed by atoms with van der Waals surface area (Å²) in [6.07, 6.45) is 6.67. The van der Waals surface area contributed by atoms with Gasteiger partial charge in [0.25, 0.3) is 0 Å². The maximum absolute atomic E-state index is 5.78. The van der Waals surface area contributed by atoms with E-state index in [1.165, 1.54) is 12.8 Å². The van der Waals surface area contributed by atoms with E-state index in [2.05, 4.69) is 14.9 Å². The first-order valence-corrected chi connectivity index (χ1v) is 6.16. The third-order valence-electron chi connectivity index (χ3n) is 3.17. The van der Waals surface area contributed by atoms with Crippen molar-refractivity contribution in [2.45, 2.75) is 30.9 Å². The number of aromatic nitrogens is 2. The molecule has 2 fully saturated rings. The number of morpholine rings is 1. The van der Waals surface area contributed by atoms with Crippen molar-refractivity contribution in [3.05, 3.63) is 18.0 Å². The van der Waals surface area contributed by atoms with Crippen LogP contribution in [-0.4, -0.2) is 35.3 Å². The second-order valence-electron chi connectivity index (χ2n) is 4.39. The van der Waals surface area contributed by atoms with Crippen molar-refractivity contribution in [2.24, 2.45) is 0 Å². The lowest BCUT2D eigenvalue weighted by atomic mass is 10.2. The zero-order chi connectivity index (χ0) is 11.0. The molecule has 2 bridgehead atoms. The summed E-state index contributed by atoms with van der Waals surface area (Å²) in [5, 5.41) is 0. The van der Waals surface area contributed by atoms with Gasteiger partial charge >= 0.3 is 0 Å². The topological polar surface area (TPSA) is 38.2 Å². The third-order valence-corrected chi connectivity index (χ3v) is 3.48. The number of hydrogen-bond donors (Lipinski definition) is 0. The number of alkyl halides is 1. The van der Waals surface area contributed by atoms with Gasteiger partial charge in [-0.2, -0.15) is 0 Å². The van der Waals surface area contributed by atoms with Crippen LogP contribution in [0.25, 0.3) is 0 Å². The molecule has 5 heteroatoms. The summed E-state index contributed by atoms with van der Waals surface area (Å²) < 4.78 is 5.78. The lowest BCUT2D eigenvalue weighted by molar-refractivity contribution is 0.0299. The van der Waals surface area contributed by atoms with Gasteiger partial charge in [-0.1, -0.05) is 0 Å².